The highest BCUT2D eigenvalue weighted by atomic mass is 35.5. The summed E-state index contributed by atoms with van der Waals surface area (Å²) in [5.41, 5.74) is 1.54. The molecule has 2 aliphatic rings. The number of amides is 2. The van der Waals surface area contributed by atoms with Gasteiger partial charge in [0.2, 0.25) is 0 Å². The van der Waals surface area contributed by atoms with E-state index in [0.717, 1.165) is 30.9 Å². The molecule has 2 heterocycles. The average Bonchev–Trinajstić information content (AvgIpc) is 2.97. The summed E-state index contributed by atoms with van der Waals surface area (Å²) in [5.74, 6) is 0. The van der Waals surface area contributed by atoms with Crippen molar-refractivity contribution in [2.75, 3.05) is 32.1 Å². The Hall–Kier alpha value is -1.30. The molecule has 3 rings (SSSR count). The average molecular weight is 338 g/mol. The maximum atomic E-state index is 12.7. The van der Waals surface area contributed by atoms with Gasteiger partial charge in [0.15, 0.2) is 0 Å². The molecule has 2 atom stereocenters. The molecule has 2 fully saturated rings. The molecule has 0 saturated carbocycles. The number of urea groups is 1. The lowest BCUT2D eigenvalue weighted by Crippen LogP contribution is -2.57. The zero-order valence-electron chi connectivity index (χ0n) is 13.7. The Bertz CT molecular complexity index is 581. The van der Waals surface area contributed by atoms with Crippen LogP contribution in [0.25, 0.3) is 0 Å². The first kappa shape index (κ1) is 16.6. The molecule has 5 nitrogen and oxygen atoms in total. The van der Waals surface area contributed by atoms with Crippen molar-refractivity contribution in [3.8, 4) is 0 Å². The van der Waals surface area contributed by atoms with Gasteiger partial charge in [0, 0.05) is 48.6 Å². The summed E-state index contributed by atoms with van der Waals surface area (Å²) in [6.07, 6.45) is 2.42. The summed E-state index contributed by atoms with van der Waals surface area (Å²) in [6, 6.07) is 6.20. The van der Waals surface area contributed by atoms with E-state index in [2.05, 4.69) is 17.1 Å². The molecule has 2 amide bonds. The third-order valence-electron chi connectivity index (χ3n) is 4.85. The number of piperazine rings is 1. The second-order valence-corrected chi connectivity index (χ2v) is 6.83. The van der Waals surface area contributed by atoms with Gasteiger partial charge in [-0.15, -0.1) is 0 Å². The van der Waals surface area contributed by atoms with E-state index in [4.69, 9.17) is 16.3 Å². The molecular weight excluding hydrogens is 314 g/mol. The second-order valence-electron chi connectivity index (χ2n) is 6.42. The molecule has 0 unspecified atom stereocenters. The fraction of sp³-hybridized carbons (Fsp3) is 0.588. The van der Waals surface area contributed by atoms with Crippen LogP contribution < -0.4 is 5.32 Å². The molecule has 1 aromatic carbocycles. The van der Waals surface area contributed by atoms with Gasteiger partial charge in [0.1, 0.15) is 0 Å². The summed E-state index contributed by atoms with van der Waals surface area (Å²) < 4.78 is 5.20. The standard InChI is InChI=1S/C17H24ClN3O2/c1-12-9-20-8-4-5-13(20)10-21(12)17(22)19-16-7-3-6-15(18)14(16)11-23-2/h3,6-7,12-13H,4-5,8-11H2,1-2H3,(H,19,22)/t12-,13+/m1/s1. The molecule has 126 valence electrons. The van der Waals surface area contributed by atoms with Crippen molar-refractivity contribution >= 4 is 23.3 Å². The van der Waals surface area contributed by atoms with E-state index in [1.54, 1.807) is 7.11 Å². The van der Waals surface area contributed by atoms with Gasteiger partial charge in [-0.2, -0.15) is 0 Å². The number of hydrogen-bond donors (Lipinski definition) is 1. The molecule has 1 aromatic rings. The lowest BCUT2D eigenvalue weighted by atomic mass is 10.1. The fourth-order valence-corrected chi connectivity index (χ4v) is 3.85. The maximum absolute atomic E-state index is 12.7. The Labute approximate surface area is 142 Å². The second kappa shape index (κ2) is 7.07. The van der Waals surface area contributed by atoms with E-state index < -0.39 is 0 Å². The number of hydrogen-bond acceptors (Lipinski definition) is 3. The minimum Gasteiger partial charge on any atom is -0.380 e. The molecule has 23 heavy (non-hydrogen) atoms. The number of fused-ring (bicyclic) bond motifs is 1. The predicted octanol–water partition coefficient (Wildman–Crippen LogP) is 3.19. The van der Waals surface area contributed by atoms with Gasteiger partial charge in [-0.25, -0.2) is 4.79 Å². The first-order valence-corrected chi connectivity index (χ1v) is 8.56. The van der Waals surface area contributed by atoms with Crippen molar-refractivity contribution in [1.82, 2.24) is 9.80 Å². The summed E-state index contributed by atoms with van der Waals surface area (Å²) in [7, 11) is 1.62. The van der Waals surface area contributed by atoms with Gasteiger partial charge in [0.05, 0.1) is 6.61 Å². The number of nitrogens with zero attached hydrogens (tertiary/aromatic N) is 2. The molecule has 2 aliphatic heterocycles. The van der Waals surface area contributed by atoms with Gasteiger partial charge in [0.25, 0.3) is 0 Å². The van der Waals surface area contributed by atoms with Crippen LogP contribution in [0, 0.1) is 0 Å². The van der Waals surface area contributed by atoms with Crippen LogP contribution in [-0.4, -0.2) is 54.7 Å². The highest BCUT2D eigenvalue weighted by molar-refractivity contribution is 6.31. The van der Waals surface area contributed by atoms with Gasteiger partial charge >= 0.3 is 6.03 Å². The van der Waals surface area contributed by atoms with E-state index in [0.29, 0.717) is 17.7 Å². The Balaban J connectivity index is 1.73. The highest BCUT2D eigenvalue weighted by Crippen LogP contribution is 2.28. The Kier molecular flexibility index (Phi) is 5.09. The molecule has 6 heteroatoms. The molecule has 0 bridgehead atoms. The van der Waals surface area contributed by atoms with Crippen LogP contribution >= 0.6 is 11.6 Å². The molecular formula is C17H24ClN3O2. The minimum absolute atomic E-state index is 0.0522. The van der Waals surface area contributed by atoms with E-state index in [9.17, 15) is 4.79 Å². The van der Waals surface area contributed by atoms with Crippen molar-refractivity contribution in [2.24, 2.45) is 0 Å². The summed E-state index contributed by atoms with van der Waals surface area (Å²) >= 11 is 6.23. The van der Waals surface area contributed by atoms with Crippen LogP contribution in [-0.2, 0) is 11.3 Å². The Morgan fingerprint density at radius 3 is 3.04 bits per heavy atom. The molecule has 0 aromatic heterocycles. The van der Waals surface area contributed by atoms with E-state index in [1.165, 1.54) is 12.8 Å². The van der Waals surface area contributed by atoms with Crippen molar-refractivity contribution in [3.63, 3.8) is 0 Å². The number of nitrogens with one attached hydrogen (secondary N) is 1. The van der Waals surface area contributed by atoms with Gasteiger partial charge in [-0.1, -0.05) is 17.7 Å². The number of carbonyl (C=O) groups excluding carboxylic acids is 1. The van der Waals surface area contributed by atoms with Crippen LogP contribution in [0.15, 0.2) is 18.2 Å². The summed E-state index contributed by atoms with van der Waals surface area (Å²) in [5, 5.41) is 3.63. The Morgan fingerprint density at radius 2 is 2.26 bits per heavy atom. The molecule has 2 saturated heterocycles. The summed E-state index contributed by atoms with van der Waals surface area (Å²) in [4.78, 5) is 17.2. The number of anilines is 1. The first-order valence-electron chi connectivity index (χ1n) is 8.18. The topological polar surface area (TPSA) is 44.8 Å². The number of methoxy groups -OCH3 is 1. The SMILES string of the molecule is COCc1c(Cl)cccc1NC(=O)N1C[C@@H]2CCCN2C[C@H]1C. The smallest absolute Gasteiger partial charge is 0.322 e. The maximum Gasteiger partial charge on any atom is 0.322 e. The molecule has 1 N–H and O–H groups in total. The number of halogens is 1. The van der Waals surface area contributed by atoms with Gasteiger partial charge in [-0.3, -0.25) is 4.90 Å². The van der Waals surface area contributed by atoms with Gasteiger partial charge in [-0.05, 0) is 38.4 Å². The number of carbonyl (C=O) groups is 1. The summed E-state index contributed by atoms with van der Waals surface area (Å²) in [6.45, 7) is 5.41. The largest absolute Gasteiger partial charge is 0.380 e. The van der Waals surface area contributed by atoms with Gasteiger partial charge < -0.3 is 15.0 Å². The highest BCUT2D eigenvalue weighted by Gasteiger charge is 2.36. The van der Waals surface area contributed by atoms with Crippen LogP contribution in [0.2, 0.25) is 5.02 Å². The number of ether oxygens (including phenoxy) is 1. The van der Waals surface area contributed by atoms with Crippen molar-refractivity contribution in [3.05, 3.63) is 28.8 Å². The number of benzene rings is 1. The quantitative estimate of drug-likeness (QED) is 0.921. The van der Waals surface area contributed by atoms with Crippen molar-refractivity contribution in [1.29, 1.82) is 0 Å². The fourth-order valence-electron chi connectivity index (χ4n) is 3.62. The van der Waals surface area contributed by atoms with Crippen LogP contribution in [0.4, 0.5) is 10.5 Å². The van der Waals surface area contributed by atoms with Crippen LogP contribution in [0.1, 0.15) is 25.3 Å². The number of rotatable bonds is 3. The first-order chi connectivity index (χ1) is 11.1. The van der Waals surface area contributed by atoms with Crippen molar-refractivity contribution in [2.45, 2.75) is 38.5 Å². The third-order valence-corrected chi connectivity index (χ3v) is 5.20. The normalized spacial score (nSPS) is 24.6. The van der Waals surface area contributed by atoms with Crippen LogP contribution in [0.3, 0.4) is 0 Å². The third kappa shape index (κ3) is 3.47. The minimum atomic E-state index is -0.0522. The molecule has 0 spiro atoms. The lowest BCUT2D eigenvalue weighted by molar-refractivity contribution is 0.0861. The monoisotopic (exact) mass is 337 g/mol. The van der Waals surface area contributed by atoms with E-state index in [-0.39, 0.29) is 12.1 Å². The molecule has 0 aliphatic carbocycles. The lowest BCUT2D eigenvalue weighted by Gasteiger charge is -2.42. The Morgan fingerprint density at radius 1 is 1.43 bits per heavy atom. The van der Waals surface area contributed by atoms with Crippen LogP contribution in [0.5, 0.6) is 0 Å². The van der Waals surface area contributed by atoms with E-state index >= 15 is 0 Å². The zero-order chi connectivity index (χ0) is 16.4. The molecule has 0 radical (unpaired) electrons. The predicted molar refractivity (Wildman–Crippen MR) is 91.9 cm³/mol. The van der Waals surface area contributed by atoms with Crippen molar-refractivity contribution < 1.29 is 9.53 Å². The zero-order valence-corrected chi connectivity index (χ0v) is 14.5. The van der Waals surface area contributed by atoms with E-state index in [1.807, 2.05) is 23.1 Å².